The van der Waals surface area contributed by atoms with Crippen LogP contribution in [0.5, 0.6) is 0 Å². The van der Waals surface area contributed by atoms with Crippen LogP contribution >= 0.6 is 23.1 Å². The lowest BCUT2D eigenvalue weighted by atomic mass is 10.0. The van der Waals surface area contributed by atoms with E-state index < -0.39 is 0 Å². The van der Waals surface area contributed by atoms with Gasteiger partial charge in [-0.2, -0.15) is 23.1 Å². The van der Waals surface area contributed by atoms with E-state index in [0.717, 1.165) is 35.1 Å². The van der Waals surface area contributed by atoms with Crippen molar-refractivity contribution in [1.29, 1.82) is 0 Å². The topological polar surface area (TPSA) is 58.2 Å². The third-order valence-corrected chi connectivity index (χ3v) is 6.48. The van der Waals surface area contributed by atoms with E-state index in [-0.39, 0.29) is 17.7 Å². The van der Waals surface area contributed by atoms with E-state index in [4.69, 9.17) is 0 Å². The zero-order valence-electron chi connectivity index (χ0n) is 15.4. The maximum absolute atomic E-state index is 12.8. The quantitative estimate of drug-likeness (QED) is 0.519. The highest BCUT2D eigenvalue weighted by atomic mass is 32.2. The molecule has 0 radical (unpaired) electrons. The van der Waals surface area contributed by atoms with Crippen LogP contribution < -0.4 is 10.6 Å². The zero-order valence-corrected chi connectivity index (χ0v) is 17.1. The molecule has 0 bridgehead atoms. The second kappa shape index (κ2) is 8.80. The number of hydrogen-bond acceptors (Lipinski definition) is 4. The molecule has 1 aromatic heterocycles. The van der Waals surface area contributed by atoms with Crippen molar-refractivity contribution in [2.24, 2.45) is 5.92 Å². The van der Waals surface area contributed by atoms with Crippen LogP contribution in [-0.2, 0) is 10.5 Å². The minimum Gasteiger partial charge on any atom is -0.351 e. The van der Waals surface area contributed by atoms with E-state index in [1.54, 1.807) is 23.1 Å². The normalized spacial score (nSPS) is 13.4. The van der Waals surface area contributed by atoms with Gasteiger partial charge < -0.3 is 10.6 Å². The molecule has 1 saturated carbocycles. The van der Waals surface area contributed by atoms with Gasteiger partial charge in [0.15, 0.2) is 0 Å². The Hall–Kier alpha value is -2.31. The smallest absolute Gasteiger partial charge is 0.253 e. The van der Waals surface area contributed by atoms with E-state index in [9.17, 15) is 9.59 Å². The zero-order chi connectivity index (χ0) is 19.3. The molecular formula is C22H22N2O2S2. The fraction of sp³-hybridized carbons (Fsp3) is 0.273. The molecule has 0 unspecified atom stereocenters. The van der Waals surface area contributed by atoms with Gasteiger partial charge in [0.1, 0.15) is 0 Å². The Bertz CT molecular complexity index is 981. The molecule has 144 valence electrons. The second-order valence-corrected chi connectivity index (χ2v) is 8.83. The van der Waals surface area contributed by atoms with Gasteiger partial charge in [0.05, 0.1) is 11.3 Å². The number of thioether (sulfide) groups is 1. The molecule has 3 aromatic rings. The van der Waals surface area contributed by atoms with Gasteiger partial charge in [0.2, 0.25) is 5.91 Å². The average Bonchev–Trinajstić information content (AvgIpc) is 3.44. The summed E-state index contributed by atoms with van der Waals surface area (Å²) in [4.78, 5) is 25.1. The molecule has 28 heavy (non-hydrogen) atoms. The summed E-state index contributed by atoms with van der Waals surface area (Å²) in [5, 5.41) is 12.2. The summed E-state index contributed by atoms with van der Waals surface area (Å²) >= 11 is 3.50. The Kier molecular flexibility index (Phi) is 5.98. The highest BCUT2D eigenvalue weighted by Gasteiger charge is 2.30. The Labute approximate surface area is 172 Å². The van der Waals surface area contributed by atoms with Crippen molar-refractivity contribution >= 4 is 51.4 Å². The summed E-state index contributed by atoms with van der Waals surface area (Å²) in [6.07, 6.45) is 1.87. The first-order valence-corrected chi connectivity index (χ1v) is 11.5. The Morgan fingerprint density at radius 2 is 1.89 bits per heavy atom. The number of carbonyl (C=O) groups is 2. The van der Waals surface area contributed by atoms with E-state index in [1.165, 1.54) is 5.56 Å². The minimum atomic E-state index is -0.145. The molecule has 2 amide bonds. The maximum Gasteiger partial charge on any atom is 0.253 e. The van der Waals surface area contributed by atoms with Gasteiger partial charge in [-0.1, -0.05) is 24.3 Å². The van der Waals surface area contributed by atoms with Crippen LogP contribution in [0.25, 0.3) is 10.8 Å². The standard InChI is InChI=1S/C22H22N2O2S2/c25-21(16-5-6-16)24-20-12-18-4-2-1-3-17(18)11-19(20)22(26)23-8-10-28-14-15-7-9-27-13-15/h1-4,7,9,11-13,16H,5-6,8,10,14H2,(H,23,26)(H,24,25). The number of rotatable bonds is 8. The van der Waals surface area contributed by atoms with Crippen molar-refractivity contribution in [1.82, 2.24) is 5.32 Å². The summed E-state index contributed by atoms with van der Waals surface area (Å²) < 4.78 is 0. The lowest BCUT2D eigenvalue weighted by molar-refractivity contribution is -0.117. The summed E-state index contributed by atoms with van der Waals surface area (Å²) in [7, 11) is 0. The molecule has 1 heterocycles. The van der Waals surface area contributed by atoms with Crippen LogP contribution in [0.15, 0.2) is 53.2 Å². The van der Waals surface area contributed by atoms with Gasteiger partial charge in [0.25, 0.3) is 5.91 Å². The largest absolute Gasteiger partial charge is 0.351 e. The predicted octanol–water partition coefficient (Wildman–Crippen LogP) is 4.91. The summed E-state index contributed by atoms with van der Waals surface area (Å²) in [6.45, 7) is 0.594. The van der Waals surface area contributed by atoms with Crippen LogP contribution in [0.1, 0.15) is 28.8 Å². The Morgan fingerprint density at radius 1 is 1.11 bits per heavy atom. The van der Waals surface area contributed by atoms with Crippen molar-refractivity contribution in [3.8, 4) is 0 Å². The van der Waals surface area contributed by atoms with E-state index in [1.807, 2.05) is 36.4 Å². The van der Waals surface area contributed by atoms with Gasteiger partial charge in [0, 0.05) is 24.0 Å². The highest BCUT2D eigenvalue weighted by molar-refractivity contribution is 7.98. The molecule has 6 heteroatoms. The highest BCUT2D eigenvalue weighted by Crippen LogP contribution is 2.32. The molecular weight excluding hydrogens is 388 g/mol. The number of amides is 2. The molecule has 0 atom stereocenters. The fourth-order valence-corrected chi connectivity index (χ4v) is 4.59. The predicted molar refractivity (Wildman–Crippen MR) is 118 cm³/mol. The average molecular weight is 411 g/mol. The van der Waals surface area contributed by atoms with E-state index >= 15 is 0 Å². The van der Waals surface area contributed by atoms with Crippen LogP contribution in [-0.4, -0.2) is 24.1 Å². The molecule has 0 spiro atoms. The van der Waals surface area contributed by atoms with Gasteiger partial charge in [-0.25, -0.2) is 0 Å². The van der Waals surface area contributed by atoms with Crippen molar-refractivity contribution in [2.75, 3.05) is 17.6 Å². The van der Waals surface area contributed by atoms with E-state index in [2.05, 4.69) is 27.5 Å². The molecule has 4 nitrogen and oxygen atoms in total. The fourth-order valence-electron chi connectivity index (χ4n) is 3.01. The van der Waals surface area contributed by atoms with Crippen molar-refractivity contribution in [2.45, 2.75) is 18.6 Å². The number of carbonyl (C=O) groups excluding carboxylic acids is 2. The summed E-state index contributed by atoms with van der Waals surface area (Å²) in [6, 6.07) is 13.8. The monoisotopic (exact) mass is 410 g/mol. The molecule has 1 fully saturated rings. The first-order valence-electron chi connectivity index (χ1n) is 9.41. The van der Waals surface area contributed by atoms with Gasteiger partial charge in [-0.15, -0.1) is 0 Å². The molecule has 4 rings (SSSR count). The molecule has 0 aliphatic heterocycles. The number of fused-ring (bicyclic) bond motifs is 1. The number of anilines is 1. The third kappa shape index (κ3) is 4.75. The van der Waals surface area contributed by atoms with Gasteiger partial charge in [-0.3, -0.25) is 9.59 Å². The lowest BCUT2D eigenvalue weighted by Gasteiger charge is -2.13. The van der Waals surface area contributed by atoms with Gasteiger partial charge >= 0.3 is 0 Å². The molecule has 1 aliphatic carbocycles. The molecule has 2 aromatic carbocycles. The second-order valence-electron chi connectivity index (χ2n) is 6.95. The maximum atomic E-state index is 12.8. The Balaban J connectivity index is 1.42. The van der Waals surface area contributed by atoms with Crippen LogP contribution in [0.3, 0.4) is 0 Å². The lowest BCUT2D eigenvalue weighted by Crippen LogP contribution is -2.27. The van der Waals surface area contributed by atoms with Crippen molar-refractivity contribution in [3.63, 3.8) is 0 Å². The minimum absolute atomic E-state index is 0.00986. The summed E-state index contributed by atoms with van der Waals surface area (Å²) in [5.41, 5.74) is 2.44. The molecule has 0 saturated heterocycles. The van der Waals surface area contributed by atoms with E-state index in [0.29, 0.717) is 17.8 Å². The SMILES string of the molecule is O=C(NCCSCc1ccsc1)c1cc2ccccc2cc1NC(=O)C1CC1. The first-order chi connectivity index (χ1) is 13.7. The number of nitrogens with one attached hydrogen (secondary N) is 2. The first kappa shape index (κ1) is 19.0. The Morgan fingerprint density at radius 3 is 2.61 bits per heavy atom. The van der Waals surface area contributed by atoms with Crippen molar-refractivity contribution < 1.29 is 9.59 Å². The van der Waals surface area contributed by atoms with Gasteiger partial charge in [-0.05, 0) is 58.1 Å². The van der Waals surface area contributed by atoms with Crippen LogP contribution in [0, 0.1) is 5.92 Å². The number of benzene rings is 2. The molecule has 1 aliphatic rings. The number of thiophene rings is 1. The third-order valence-electron chi connectivity index (χ3n) is 4.72. The molecule has 2 N–H and O–H groups in total. The number of hydrogen-bond donors (Lipinski definition) is 2. The van der Waals surface area contributed by atoms with Crippen LogP contribution in [0.4, 0.5) is 5.69 Å². The summed E-state index contributed by atoms with van der Waals surface area (Å²) in [5.74, 6) is 1.76. The van der Waals surface area contributed by atoms with Crippen LogP contribution in [0.2, 0.25) is 0 Å². The van der Waals surface area contributed by atoms with Crippen molar-refractivity contribution in [3.05, 3.63) is 64.4 Å².